The number of hydrogen-bond acceptors (Lipinski definition) is 6. The fourth-order valence-electron chi connectivity index (χ4n) is 1.93. The number of nitrogens with one attached hydrogen (secondary N) is 1. The van der Waals surface area contributed by atoms with E-state index in [1.165, 1.54) is 25.3 Å². The van der Waals surface area contributed by atoms with Crippen LogP contribution in [0.25, 0.3) is 0 Å². The topological polar surface area (TPSA) is 122 Å². The van der Waals surface area contributed by atoms with E-state index in [0.717, 1.165) is 10.6 Å². The molecule has 2 heterocycles. The van der Waals surface area contributed by atoms with Gasteiger partial charge in [-0.3, -0.25) is 19.1 Å². The summed E-state index contributed by atoms with van der Waals surface area (Å²) < 4.78 is 6.31. The first-order chi connectivity index (χ1) is 9.40. The number of nitrogens with zero attached hydrogens (tertiary/aromatic N) is 1. The van der Waals surface area contributed by atoms with Crippen molar-refractivity contribution in [1.29, 1.82) is 0 Å². The number of aromatic nitrogens is 2. The largest absolute Gasteiger partial charge is 0.387 e. The average Bonchev–Trinajstić information content (AvgIpc) is 2.64. The van der Waals surface area contributed by atoms with Crippen molar-refractivity contribution >= 4 is 5.78 Å². The maximum Gasteiger partial charge on any atom is 0.330 e. The lowest BCUT2D eigenvalue weighted by Crippen LogP contribution is -2.37. The fraction of sp³-hybridized carbons (Fsp3) is 0.417. The molecule has 0 unspecified atom stereocenters. The third kappa shape index (κ3) is 2.77. The second-order valence-corrected chi connectivity index (χ2v) is 4.46. The van der Waals surface area contributed by atoms with Crippen molar-refractivity contribution in [3.05, 3.63) is 45.3 Å². The third-order valence-electron chi connectivity index (χ3n) is 2.92. The summed E-state index contributed by atoms with van der Waals surface area (Å²) in [5, 5.41) is 19.7. The number of H-pyrrole nitrogens is 1. The van der Waals surface area contributed by atoms with Crippen molar-refractivity contribution in [3.63, 3.8) is 0 Å². The second kappa shape index (κ2) is 5.53. The Bertz CT molecular complexity index is 646. The summed E-state index contributed by atoms with van der Waals surface area (Å²) in [6.45, 7) is 1.33. The molecule has 1 saturated heterocycles. The molecule has 0 saturated carbocycles. The van der Waals surface area contributed by atoms with Gasteiger partial charge < -0.3 is 14.9 Å². The highest BCUT2D eigenvalue weighted by Crippen LogP contribution is 2.28. The van der Waals surface area contributed by atoms with Gasteiger partial charge in [0.1, 0.15) is 18.3 Å². The molecule has 1 fully saturated rings. The van der Waals surface area contributed by atoms with E-state index in [2.05, 4.69) is 0 Å². The summed E-state index contributed by atoms with van der Waals surface area (Å²) in [7, 11) is 0. The molecule has 1 aromatic rings. The Morgan fingerprint density at radius 2 is 2.10 bits per heavy atom. The Kier molecular flexibility index (Phi) is 3.98. The standard InChI is InChI=1S/C12H14N2O6/c1-6(15)2-3-7-9(17)10(18)11(20-7)14-5-4-8(16)13-12(14)19/h2-5,7,9-11,17-18H,1H3,(H,13,16,19)/b3-2+/t7-,9-,10-,11-/m1/s1. The zero-order chi connectivity index (χ0) is 14.9. The number of aromatic amines is 1. The molecule has 1 aliphatic heterocycles. The molecule has 0 spiro atoms. The van der Waals surface area contributed by atoms with Crippen LogP contribution in [-0.4, -0.2) is 43.9 Å². The van der Waals surface area contributed by atoms with Crippen LogP contribution in [0.3, 0.4) is 0 Å². The van der Waals surface area contributed by atoms with Gasteiger partial charge in [0.15, 0.2) is 12.0 Å². The first-order valence-corrected chi connectivity index (χ1v) is 5.92. The van der Waals surface area contributed by atoms with E-state index < -0.39 is 35.8 Å². The number of ether oxygens (including phenoxy) is 1. The van der Waals surface area contributed by atoms with Gasteiger partial charge in [0.05, 0.1) is 0 Å². The first kappa shape index (κ1) is 14.4. The Morgan fingerprint density at radius 1 is 1.40 bits per heavy atom. The van der Waals surface area contributed by atoms with Crippen LogP contribution >= 0.6 is 0 Å². The maximum atomic E-state index is 11.6. The second-order valence-electron chi connectivity index (χ2n) is 4.46. The molecule has 1 aromatic heterocycles. The molecule has 8 heteroatoms. The number of rotatable bonds is 3. The molecule has 2 rings (SSSR count). The molecule has 1 aliphatic rings. The predicted octanol–water partition coefficient (Wildman–Crippen LogP) is -1.70. The van der Waals surface area contributed by atoms with Gasteiger partial charge >= 0.3 is 5.69 Å². The molecule has 4 atom stereocenters. The minimum absolute atomic E-state index is 0.236. The van der Waals surface area contributed by atoms with E-state index in [9.17, 15) is 24.6 Å². The zero-order valence-corrected chi connectivity index (χ0v) is 10.6. The smallest absolute Gasteiger partial charge is 0.330 e. The van der Waals surface area contributed by atoms with Crippen LogP contribution in [0.5, 0.6) is 0 Å². The highest BCUT2D eigenvalue weighted by molar-refractivity contribution is 5.87. The Hall–Kier alpha value is -2.03. The molecule has 8 nitrogen and oxygen atoms in total. The van der Waals surface area contributed by atoms with Crippen molar-refractivity contribution in [2.24, 2.45) is 0 Å². The number of aliphatic hydroxyl groups is 2. The summed E-state index contributed by atoms with van der Waals surface area (Å²) in [6.07, 6.45) is -1.02. The van der Waals surface area contributed by atoms with Crippen LogP contribution in [0.1, 0.15) is 13.2 Å². The lowest BCUT2D eigenvalue weighted by molar-refractivity contribution is -0.112. The van der Waals surface area contributed by atoms with E-state index in [1.807, 2.05) is 4.98 Å². The van der Waals surface area contributed by atoms with E-state index >= 15 is 0 Å². The zero-order valence-electron chi connectivity index (χ0n) is 10.6. The van der Waals surface area contributed by atoms with Crippen molar-refractivity contribution in [3.8, 4) is 0 Å². The van der Waals surface area contributed by atoms with Crippen molar-refractivity contribution in [1.82, 2.24) is 9.55 Å². The van der Waals surface area contributed by atoms with Gasteiger partial charge in [-0.1, -0.05) is 0 Å². The van der Waals surface area contributed by atoms with Crippen LogP contribution in [0.15, 0.2) is 34.0 Å². The molecule has 0 aliphatic carbocycles. The molecular weight excluding hydrogens is 268 g/mol. The van der Waals surface area contributed by atoms with Gasteiger partial charge in [0.25, 0.3) is 5.56 Å². The molecule has 0 radical (unpaired) electrons. The van der Waals surface area contributed by atoms with E-state index in [0.29, 0.717) is 0 Å². The van der Waals surface area contributed by atoms with Gasteiger partial charge in [-0.2, -0.15) is 0 Å². The monoisotopic (exact) mass is 282 g/mol. The van der Waals surface area contributed by atoms with Crippen LogP contribution in [0.4, 0.5) is 0 Å². The lowest BCUT2D eigenvalue weighted by atomic mass is 10.1. The number of ketones is 1. The molecule has 0 bridgehead atoms. The molecule has 20 heavy (non-hydrogen) atoms. The number of allylic oxidation sites excluding steroid dienone is 1. The summed E-state index contributed by atoms with van der Waals surface area (Å²) in [4.78, 5) is 35.5. The molecule has 108 valence electrons. The highest BCUT2D eigenvalue weighted by atomic mass is 16.6. The van der Waals surface area contributed by atoms with Crippen LogP contribution in [0.2, 0.25) is 0 Å². The van der Waals surface area contributed by atoms with Gasteiger partial charge in [0.2, 0.25) is 0 Å². The Morgan fingerprint density at radius 3 is 2.70 bits per heavy atom. The first-order valence-electron chi connectivity index (χ1n) is 5.92. The number of carbonyl (C=O) groups is 1. The molecular formula is C12H14N2O6. The van der Waals surface area contributed by atoms with Gasteiger partial charge in [0, 0.05) is 12.3 Å². The van der Waals surface area contributed by atoms with Crippen LogP contribution in [-0.2, 0) is 9.53 Å². The average molecular weight is 282 g/mol. The van der Waals surface area contributed by atoms with E-state index in [4.69, 9.17) is 4.74 Å². The maximum absolute atomic E-state index is 11.6. The minimum atomic E-state index is -1.36. The summed E-state index contributed by atoms with van der Waals surface area (Å²) in [6, 6.07) is 1.10. The fourth-order valence-corrected chi connectivity index (χ4v) is 1.93. The highest BCUT2D eigenvalue weighted by Gasteiger charge is 2.42. The summed E-state index contributed by atoms with van der Waals surface area (Å²) in [5.41, 5.74) is -1.34. The van der Waals surface area contributed by atoms with Crippen molar-refractivity contribution in [2.45, 2.75) is 31.5 Å². The molecule has 3 N–H and O–H groups in total. The van der Waals surface area contributed by atoms with Gasteiger partial charge in [-0.05, 0) is 19.1 Å². The number of hydrogen-bond donors (Lipinski definition) is 3. The van der Waals surface area contributed by atoms with Crippen molar-refractivity contribution < 1.29 is 19.7 Å². The number of carbonyl (C=O) groups excluding carboxylic acids is 1. The quantitative estimate of drug-likeness (QED) is 0.568. The van der Waals surface area contributed by atoms with E-state index in [-0.39, 0.29) is 5.78 Å². The Balaban J connectivity index is 2.28. The van der Waals surface area contributed by atoms with Crippen LogP contribution < -0.4 is 11.2 Å². The minimum Gasteiger partial charge on any atom is -0.387 e. The normalized spacial score (nSPS) is 29.9. The van der Waals surface area contributed by atoms with E-state index in [1.54, 1.807) is 0 Å². The lowest BCUT2D eigenvalue weighted by Gasteiger charge is -2.16. The number of aliphatic hydroxyl groups excluding tert-OH is 2. The van der Waals surface area contributed by atoms with Gasteiger partial charge in [-0.15, -0.1) is 0 Å². The SMILES string of the molecule is CC(=O)/C=C/[C@H]1O[C@@H](n2ccc(=O)[nH]c2=O)[C@H](O)[C@@H]1O. The van der Waals surface area contributed by atoms with Crippen molar-refractivity contribution in [2.75, 3.05) is 0 Å². The molecule has 0 aromatic carbocycles. The summed E-state index contributed by atoms with van der Waals surface area (Å²) in [5.74, 6) is -0.236. The third-order valence-corrected chi connectivity index (χ3v) is 2.92. The van der Waals surface area contributed by atoms with Gasteiger partial charge in [-0.25, -0.2) is 4.79 Å². The Labute approximate surface area is 112 Å². The predicted molar refractivity (Wildman–Crippen MR) is 67.1 cm³/mol. The summed E-state index contributed by atoms with van der Waals surface area (Å²) >= 11 is 0. The van der Waals surface area contributed by atoms with Crippen LogP contribution in [0, 0.1) is 0 Å². The molecule has 0 amide bonds.